The molecule has 3 aromatic carbocycles. The van der Waals surface area contributed by atoms with Crippen LogP contribution >= 0.6 is 0 Å². The van der Waals surface area contributed by atoms with E-state index in [9.17, 15) is 12.8 Å². The fraction of sp³-hybridized carbons (Fsp3) is 0.0400. The van der Waals surface area contributed by atoms with E-state index in [-0.39, 0.29) is 17.3 Å². The molecule has 0 spiro atoms. The summed E-state index contributed by atoms with van der Waals surface area (Å²) in [5.74, 6) is -0.322. The van der Waals surface area contributed by atoms with Crippen molar-refractivity contribution in [2.24, 2.45) is 0 Å². The van der Waals surface area contributed by atoms with Gasteiger partial charge in [-0.2, -0.15) is 0 Å². The van der Waals surface area contributed by atoms with E-state index in [2.05, 4.69) is 4.98 Å². The fourth-order valence-electron chi connectivity index (χ4n) is 3.19. The Hall–Kier alpha value is -3.51. The molecule has 1 aromatic heterocycles. The lowest BCUT2D eigenvalue weighted by atomic mass is 10.1. The third kappa shape index (κ3) is 4.64. The maximum atomic E-state index is 13.5. The fourth-order valence-corrected chi connectivity index (χ4v) is 4.63. The predicted molar refractivity (Wildman–Crippen MR) is 119 cm³/mol. The standard InChI is InChI=1S/C25H19FN2O2S/c1-19-4-6-20(7-5-19)18-28(24-3-2-16-27-17-24)31(29,30)25-14-10-22(11-15-25)21-8-12-23(26)13-9-21/h1-17H,18H2. The Morgan fingerprint density at radius 3 is 2.03 bits per heavy atom. The van der Waals surface area contributed by atoms with Gasteiger partial charge in [0.05, 0.1) is 23.3 Å². The zero-order chi connectivity index (χ0) is 21.8. The Balaban J connectivity index is 1.69. The van der Waals surface area contributed by atoms with E-state index in [1.54, 1.807) is 79.0 Å². The largest absolute Gasteiger partial charge is 0.264 e. The van der Waals surface area contributed by atoms with Gasteiger partial charge < -0.3 is 0 Å². The molecular weight excluding hydrogens is 411 g/mol. The molecule has 6 heteroatoms. The van der Waals surface area contributed by atoms with Crippen molar-refractivity contribution in [3.8, 4) is 11.1 Å². The molecule has 0 aliphatic carbocycles. The minimum Gasteiger partial charge on any atom is -0.263 e. The van der Waals surface area contributed by atoms with Gasteiger partial charge in [-0.15, -0.1) is 0 Å². The van der Waals surface area contributed by atoms with E-state index in [0.29, 0.717) is 11.3 Å². The summed E-state index contributed by atoms with van der Waals surface area (Å²) in [4.78, 5) is 4.22. The smallest absolute Gasteiger partial charge is 0.263 e. The summed E-state index contributed by atoms with van der Waals surface area (Å²) < 4.78 is 41.5. The lowest BCUT2D eigenvalue weighted by Gasteiger charge is -2.24. The Kier molecular flexibility index (Phi) is 5.82. The molecule has 0 aliphatic heterocycles. The monoisotopic (exact) mass is 430 g/mol. The zero-order valence-corrected chi connectivity index (χ0v) is 17.3. The summed E-state index contributed by atoms with van der Waals surface area (Å²) in [7, 11) is -3.87. The maximum Gasteiger partial charge on any atom is 0.264 e. The Bertz CT molecular complexity index is 1260. The average Bonchev–Trinajstić information content (AvgIpc) is 2.80. The molecule has 0 fully saturated rings. The van der Waals surface area contributed by atoms with Gasteiger partial charge in [0.1, 0.15) is 5.82 Å². The SMILES string of the molecule is [CH]c1ccc(CN(c2cccnc2)S(=O)(=O)c2ccc(-c3ccc(F)cc3)cc2)cc1. The van der Waals surface area contributed by atoms with Crippen molar-refractivity contribution in [3.63, 3.8) is 0 Å². The topological polar surface area (TPSA) is 50.3 Å². The van der Waals surface area contributed by atoms with Gasteiger partial charge in [0.25, 0.3) is 10.0 Å². The second-order valence-electron chi connectivity index (χ2n) is 7.00. The van der Waals surface area contributed by atoms with Gasteiger partial charge in [0.2, 0.25) is 0 Å². The first-order chi connectivity index (χ1) is 14.9. The number of rotatable bonds is 6. The highest BCUT2D eigenvalue weighted by Gasteiger charge is 2.25. The van der Waals surface area contributed by atoms with Crippen LogP contribution in [-0.2, 0) is 16.6 Å². The van der Waals surface area contributed by atoms with Crippen LogP contribution in [0.2, 0.25) is 0 Å². The maximum absolute atomic E-state index is 13.5. The van der Waals surface area contributed by atoms with E-state index in [0.717, 1.165) is 16.7 Å². The van der Waals surface area contributed by atoms with Crippen LogP contribution in [0.3, 0.4) is 0 Å². The number of sulfonamides is 1. The summed E-state index contributed by atoms with van der Waals surface area (Å²) >= 11 is 0. The van der Waals surface area contributed by atoms with E-state index in [1.807, 2.05) is 0 Å². The third-order valence-electron chi connectivity index (χ3n) is 4.86. The number of nitrogens with zero attached hydrogens (tertiary/aromatic N) is 2. The molecule has 154 valence electrons. The molecule has 2 radical (unpaired) electrons. The van der Waals surface area contributed by atoms with Gasteiger partial charge in [0, 0.05) is 6.20 Å². The van der Waals surface area contributed by atoms with Crippen LogP contribution in [0.4, 0.5) is 10.1 Å². The summed E-state index contributed by atoms with van der Waals surface area (Å²) in [6, 6.07) is 23.1. The molecule has 4 aromatic rings. The van der Waals surface area contributed by atoms with Crippen LogP contribution in [-0.4, -0.2) is 13.4 Å². The first-order valence-corrected chi connectivity index (χ1v) is 11.0. The molecule has 0 amide bonds. The second-order valence-corrected chi connectivity index (χ2v) is 8.86. The van der Waals surface area contributed by atoms with Crippen LogP contribution < -0.4 is 4.31 Å². The van der Waals surface area contributed by atoms with E-state index in [1.165, 1.54) is 22.6 Å². The number of anilines is 1. The molecule has 31 heavy (non-hydrogen) atoms. The van der Waals surface area contributed by atoms with Crippen molar-refractivity contribution in [2.45, 2.75) is 11.4 Å². The second kappa shape index (κ2) is 8.70. The van der Waals surface area contributed by atoms with Crippen molar-refractivity contribution in [2.75, 3.05) is 4.31 Å². The first-order valence-electron chi connectivity index (χ1n) is 9.57. The normalized spacial score (nSPS) is 11.3. The number of aromatic nitrogens is 1. The van der Waals surface area contributed by atoms with Crippen molar-refractivity contribution in [3.05, 3.63) is 121 Å². The Morgan fingerprint density at radius 2 is 1.45 bits per heavy atom. The lowest BCUT2D eigenvalue weighted by molar-refractivity contribution is 0.590. The number of benzene rings is 3. The van der Waals surface area contributed by atoms with Crippen molar-refractivity contribution < 1.29 is 12.8 Å². The minimum atomic E-state index is -3.87. The number of halogens is 1. The number of hydrogen-bond donors (Lipinski definition) is 0. The summed E-state index contributed by atoms with van der Waals surface area (Å²) in [5.41, 5.74) is 3.46. The Morgan fingerprint density at radius 1 is 0.839 bits per heavy atom. The van der Waals surface area contributed by atoms with Crippen LogP contribution in [0.1, 0.15) is 11.1 Å². The molecule has 4 rings (SSSR count). The molecule has 0 aliphatic rings. The molecule has 0 atom stereocenters. The third-order valence-corrected chi connectivity index (χ3v) is 6.65. The van der Waals surface area contributed by atoms with Gasteiger partial charge in [-0.25, -0.2) is 12.8 Å². The van der Waals surface area contributed by atoms with Gasteiger partial charge in [0.15, 0.2) is 0 Å². The van der Waals surface area contributed by atoms with Crippen LogP contribution in [0, 0.1) is 12.7 Å². The average molecular weight is 431 g/mol. The van der Waals surface area contributed by atoms with Crippen molar-refractivity contribution in [1.29, 1.82) is 0 Å². The molecular formula is C25H19FN2O2S. The molecule has 1 heterocycles. The highest BCUT2D eigenvalue weighted by molar-refractivity contribution is 7.92. The first kappa shape index (κ1) is 20.8. The molecule has 0 saturated heterocycles. The van der Waals surface area contributed by atoms with Crippen LogP contribution in [0.5, 0.6) is 0 Å². The van der Waals surface area contributed by atoms with E-state index >= 15 is 0 Å². The van der Waals surface area contributed by atoms with Gasteiger partial charge in [-0.3, -0.25) is 9.29 Å². The predicted octanol–water partition coefficient (Wildman–Crippen LogP) is 5.34. The number of hydrogen-bond acceptors (Lipinski definition) is 3. The van der Waals surface area contributed by atoms with Gasteiger partial charge >= 0.3 is 0 Å². The lowest BCUT2D eigenvalue weighted by Crippen LogP contribution is -2.30. The quantitative estimate of drug-likeness (QED) is 0.415. The zero-order valence-electron chi connectivity index (χ0n) is 16.5. The van der Waals surface area contributed by atoms with E-state index in [4.69, 9.17) is 6.92 Å². The van der Waals surface area contributed by atoms with Crippen LogP contribution in [0.15, 0.2) is 102 Å². The molecule has 0 saturated carbocycles. The minimum absolute atomic E-state index is 0.133. The van der Waals surface area contributed by atoms with Crippen molar-refractivity contribution >= 4 is 15.7 Å². The summed E-state index contributed by atoms with van der Waals surface area (Å²) in [5, 5.41) is 0. The van der Waals surface area contributed by atoms with E-state index < -0.39 is 10.0 Å². The highest BCUT2D eigenvalue weighted by Crippen LogP contribution is 2.27. The van der Waals surface area contributed by atoms with Crippen molar-refractivity contribution in [1.82, 2.24) is 4.98 Å². The van der Waals surface area contributed by atoms with Gasteiger partial charge in [-0.1, -0.05) is 48.5 Å². The molecule has 0 unspecified atom stereocenters. The van der Waals surface area contributed by atoms with Crippen LogP contribution in [0.25, 0.3) is 11.1 Å². The highest BCUT2D eigenvalue weighted by atomic mass is 32.2. The van der Waals surface area contributed by atoms with Gasteiger partial charge in [-0.05, 0) is 65.6 Å². The Labute approximate surface area is 181 Å². The number of pyridine rings is 1. The molecule has 4 nitrogen and oxygen atoms in total. The summed E-state index contributed by atoms with van der Waals surface area (Å²) in [6.07, 6.45) is 3.11. The molecule has 0 N–H and O–H groups in total. The summed E-state index contributed by atoms with van der Waals surface area (Å²) in [6.45, 7) is 5.89. The molecule has 0 bridgehead atoms.